The van der Waals surface area contributed by atoms with E-state index in [1.54, 1.807) is 0 Å². The Labute approximate surface area is 96.0 Å². The molecule has 0 aliphatic heterocycles. The summed E-state index contributed by atoms with van der Waals surface area (Å²) in [4.78, 5) is 19.6. The highest BCUT2D eigenvalue weighted by Crippen LogP contribution is 2.10. The molecule has 0 N–H and O–H groups in total. The van der Waals surface area contributed by atoms with Gasteiger partial charge in [0.15, 0.2) is 5.78 Å². The molecule has 0 atom stereocenters. The van der Waals surface area contributed by atoms with Crippen LogP contribution in [0.2, 0.25) is 0 Å². The van der Waals surface area contributed by atoms with E-state index in [1.807, 2.05) is 12.3 Å². The Hall–Kier alpha value is -1.62. The summed E-state index contributed by atoms with van der Waals surface area (Å²) in [5.41, 5.74) is 1.01. The molecular formula is C11H9FN2OS. The van der Waals surface area contributed by atoms with E-state index in [-0.39, 0.29) is 17.9 Å². The highest BCUT2D eigenvalue weighted by molar-refractivity contribution is 7.09. The number of thiazole rings is 1. The number of carbonyl (C=O) groups excluding carboxylic acids is 1. The van der Waals surface area contributed by atoms with Crippen molar-refractivity contribution in [2.45, 2.75) is 13.3 Å². The summed E-state index contributed by atoms with van der Waals surface area (Å²) in [5.74, 6) is -0.591. The van der Waals surface area contributed by atoms with Crippen LogP contribution in [0.25, 0.3) is 0 Å². The Kier molecular flexibility index (Phi) is 3.05. The zero-order chi connectivity index (χ0) is 11.5. The Morgan fingerprint density at radius 1 is 1.50 bits per heavy atom. The average molecular weight is 236 g/mol. The van der Waals surface area contributed by atoms with Gasteiger partial charge in [-0.05, 0) is 19.1 Å². The van der Waals surface area contributed by atoms with Gasteiger partial charge in [-0.15, -0.1) is 11.3 Å². The van der Waals surface area contributed by atoms with E-state index in [2.05, 4.69) is 9.97 Å². The number of nitrogens with zero attached hydrogens (tertiary/aromatic N) is 2. The van der Waals surface area contributed by atoms with Gasteiger partial charge in [0.05, 0.1) is 23.3 Å². The van der Waals surface area contributed by atoms with Crippen LogP contribution in [-0.2, 0) is 6.42 Å². The predicted octanol–water partition coefficient (Wildman–Crippen LogP) is 2.41. The minimum atomic E-state index is -0.443. The Morgan fingerprint density at radius 2 is 2.31 bits per heavy atom. The first-order valence-corrected chi connectivity index (χ1v) is 5.59. The van der Waals surface area contributed by atoms with E-state index < -0.39 is 5.82 Å². The van der Waals surface area contributed by atoms with E-state index in [4.69, 9.17) is 0 Å². The molecule has 0 aliphatic carbocycles. The van der Waals surface area contributed by atoms with Crippen LogP contribution < -0.4 is 0 Å². The molecule has 2 heterocycles. The first-order chi connectivity index (χ1) is 7.65. The van der Waals surface area contributed by atoms with Crippen LogP contribution in [0.4, 0.5) is 4.39 Å². The Balaban J connectivity index is 2.11. The van der Waals surface area contributed by atoms with Crippen molar-refractivity contribution >= 4 is 17.1 Å². The molecule has 16 heavy (non-hydrogen) atoms. The third-order valence-electron chi connectivity index (χ3n) is 2.02. The first-order valence-electron chi connectivity index (χ1n) is 4.71. The molecule has 0 aliphatic rings. The van der Waals surface area contributed by atoms with Gasteiger partial charge in [0.1, 0.15) is 11.5 Å². The highest BCUT2D eigenvalue weighted by atomic mass is 32.1. The van der Waals surface area contributed by atoms with Gasteiger partial charge >= 0.3 is 0 Å². The van der Waals surface area contributed by atoms with Crippen molar-refractivity contribution in [1.29, 1.82) is 0 Å². The number of carbonyl (C=O) groups is 1. The van der Waals surface area contributed by atoms with Gasteiger partial charge in [0, 0.05) is 5.38 Å². The van der Waals surface area contributed by atoms with Gasteiger partial charge in [-0.3, -0.25) is 9.78 Å². The molecule has 5 heteroatoms. The topological polar surface area (TPSA) is 42.9 Å². The number of rotatable bonds is 3. The van der Waals surface area contributed by atoms with E-state index in [0.29, 0.717) is 0 Å². The zero-order valence-corrected chi connectivity index (χ0v) is 9.42. The summed E-state index contributed by atoms with van der Waals surface area (Å²) >= 11 is 1.50. The van der Waals surface area contributed by atoms with Gasteiger partial charge in [-0.25, -0.2) is 9.37 Å². The number of ketones is 1. The second-order valence-electron chi connectivity index (χ2n) is 3.32. The van der Waals surface area contributed by atoms with Gasteiger partial charge in [-0.1, -0.05) is 0 Å². The SMILES string of the molecule is Cc1nc(CC(=O)c2ccc(F)cn2)cs1. The van der Waals surface area contributed by atoms with E-state index in [1.165, 1.54) is 23.5 Å². The molecule has 3 nitrogen and oxygen atoms in total. The van der Waals surface area contributed by atoms with E-state index in [9.17, 15) is 9.18 Å². The molecule has 2 aromatic heterocycles. The van der Waals surface area contributed by atoms with Crippen LogP contribution in [0, 0.1) is 12.7 Å². The minimum Gasteiger partial charge on any atom is -0.292 e. The van der Waals surface area contributed by atoms with Gasteiger partial charge < -0.3 is 0 Å². The van der Waals surface area contributed by atoms with Crippen molar-refractivity contribution in [2.24, 2.45) is 0 Å². The number of aryl methyl sites for hydroxylation is 1. The quantitative estimate of drug-likeness (QED) is 0.768. The molecule has 82 valence electrons. The lowest BCUT2D eigenvalue weighted by Gasteiger charge is -1.97. The molecule has 0 fully saturated rings. The first kappa shape index (κ1) is 10.9. The van der Waals surface area contributed by atoms with E-state index >= 15 is 0 Å². The van der Waals surface area contributed by atoms with Crippen molar-refractivity contribution in [3.8, 4) is 0 Å². The number of aromatic nitrogens is 2. The van der Waals surface area contributed by atoms with Crippen LogP contribution >= 0.6 is 11.3 Å². The van der Waals surface area contributed by atoms with Crippen LogP contribution in [0.3, 0.4) is 0 Å². The van der Waals surface area contributed by atoms with Crippen molar-refractivity contribution in [2.75, 3.05) is 0 Å². The fourth-order valence-corrected chi connectivity index (χ4v) is 1.90. The molecule has 0 radical (unpaired) electrons. The summed E-state index contributed by atoms with van der Waals surface area (Å²) in [5, 5.41) is 2.77. The molecule has 0 spiro atoms. The summed E-state index contributed by atoms with van der Waals surface area (Å²) < 4.78 is 12.6. The second-order valence-corrected chi connectivity index (χ2v) is 4.38. The molecule has 0 saturated carbocycles. The largest absolute Gasteiger partial charge is 0.292 e. The van der Waals surface area contributed by atoms with Gasteiger partial charge in [0.25, 0.3) is 0 Å². The number of hydrogen-bond acceptors (Lipinski definition) is 4. The van der Waals surface area contributed by atoms with E-state index in [0.717, 1.165) is 16.9 Å². The maximum absolute atomic E-state index is 12.6. The lowest BCUT2D eigenvalue weighted by atomic mass is 10.1. The maximum atomic E-state index is 12.6. The summed E-state index contributed by atoms with van der Waals surface area (Å²) in [6.07, 6.45) is 1.25. The molecule has 0 bridgehead atoms. The number of halogens is 1. The molecule has 0 unspecified atom stereocenters. The average Bonchev–Trinajstić information content (AvgIpc) is 2.65. The summed E-state index contributed by atoms with van der Waals surface area (Å²) in [7, 11) is 0. The smallest absolute Gasteiger partial charge is 0.187 e. The Bertz CT molecular complexity index is 507. The number of pyridine rings is 1. The number of hydrogen-bond donors (Lipinski definition) is 0. The van der Waals surface area contributed by atoms with Crippen molar-refractivity contribution in [3.05, 3.63) is 45.9 Å². The van der Waals surface area contributed by atoms with Crippen molar-refractivity contribution < 1.29 is 9.18 Å². The molecule has 0 amide bonds. The van der Waals surface area contributed by atoms with Gasteiger partial charge in [-0.2, -0.15) is 0 Å². The number of Topliss-reactive ketones (excluding diaryl/α,β-unsaturated/α-hetero) is 1. The third-order valence-corrected chi connectivity index (χ3v) is 2.84. The normalized spacial score (nSPS) is 10.4. The monoisotopic (exact) mass is 236 g/mol. The summed E-state index contributed by atoms with van der Waals surface area (Å²) in [6, 6.07) is 2.61. The van der Waals surface area contributed by atoms with Crippen LogP contribution in [0.1, 0.15) is 21.2 Å². The Morgan fingerprint density at radius 3 is 2.88 bits per heavy atom. The molecule has 0 saturated heterocycles. The van der Waals surface area contributed by atoms with Crippen LogP contribution in [0.15, 0.2) is 23.7 Å². The predicted molar refractivity (Wildman–Crippen MR) is 59.1 cm³/mol. The molecule has 0 aromatic carbocycles. The standard InChI is InChI=1S/C11H9FN2OS/c1-7-14-9(6-16-7)4-11(15)10-3-2-8(12)5-13-10/h2-3,5-6H,4H2,1H3. The fourth-order valence-electron chi connectivity index (χ4n) is 1.29. The summed E-state index contributed by atoms with van der Waals surface area (Å²) in [6.45, 7) is 1.88. The minimum absolute atomic E-state index is 0.148. The van der Waals surface area contributed by atoms with Crippen molar-refractivity contribution in [1.82, 2.24) is 9.97 Å². The second kappa shape index (κ2) is 4.49. The van der Waals surface area contributed by atoms with Crippen LogP contribution in [0.5, 0.6) is 0 Å². The zero-order valence-electron chi connectivity index (χ0n) is 8.61. The molecular weight excluding hydrogens is 227 g/mol. The van der Waals surface area contributed by atoms with Gasteiger partial charge in [0.2, 0.25) is 0 Å². The maximum Gasteiger partial charge on any atom is 0.187 e. The molecule has 2 aromatic rings. The molecule has 2 rings (SSSR count). The van der Waals surface area contributed by atoms with Crippen LogP contribution in [-0.4, -0.2) is 15.8 Å². The highest BCUT2D eigenvalue weighted by Gasteiger charge is 2.10. The lowest BCUT2D eigenvalue weighted by molar-refractivity contribution is 0.0987. The lowest BCUT2D eigenvalue weighted by Crippen LogP contribution is -2.06. The fraction of sp³-hybridized carbons (Fsp3) is 0.182. The third kappa shape index (κ3) is 2.49. The van der Waals surface area contributed by atoms with Crippen molar-refractivity contribution in [3.63, 3.8) is 0 Å².